The molecule has 0 amide bonds. The smallest absolute Gasteiger partial charge is 0.306 e. The predicted octanol–water partition coefficient (Wildman–Crippen LogP) is 3.62. The van der Waals surface area contributed by atoms with E-state index in [-0.39, 0.29) is 11.4 Å². The molecule has 0 unspecified atom stereocenters. The third-order valence-corrected chi connectivity index (χ3v) is 4.99. The Kier molecular flexibility index (Phi) is 3.34. The quantitative estimate of drug-likeness (QED) is 0.774. The van der Waals surface area contributed by atoms with Crippen molar-refractivity contribution in [1.29, 1.82) is 0 Å². The molecular weight excluding hydrogens is 236 g/mol. The van der Waals surface area contributed by atoms with E-state index in [0.717, 1.165) is 12.8 Å². The third-order valence-electron chi connectivity index (χ3n) is 4.99. The number of carbonyl (C=O) groups is 1. The van der Waals surface area contributed by atoms with Crippen LogP contribution in [-0.4, -0.2) is 12.6 Å². The van der Waals surface area contributed by atoms with Crippen LogP contribution in [-0.2, 0) is 21.4 Å². The van der Waals surface area contributed by atoms with E-state index in [9.17, 15) is 4.79 Å². The third kappa shape index (κ3) is 2.07. The molecule has 0 spiro atoms. The van der Waals surface area contributed by atoms with Gasteiger partial charge in [0.05, 0.1) is 13.0 Å². The molecule has 1 fully saturated rings. The van der Waals surface area contributed by atoms with Crippen LogP contribution in [0.25, 0.3) is 0 Å². The van der Waals surface area contributed by atoms with Crippen molar-refractivity contribution in [2.24, 2.45) is 5.92 Å². The van der Waals surface area contributed by atoms with Crippen molar-refractivity contribution in [2.75, 3.05) is 6.61 Å². The molecule has 2 aliphatic carbocycles. The van der Waals surface area contributed by atoms with E-state index >= 15 is 0 Å². The van der Waals surface area contributed by atoms with Gasteiger partial charge in [0, 0.05) is 5.41 Å². The van der Waals surface area contributed by atoms with E-state index in [2.05, 4.69) is 24.3 Å². The molecule has 1 aromatic carbocycles. The normalized spacial score (nSPS) is 28.6. The van der Waals surface area contributed by atoms with Gasteiger partial charge in [-0.25, -0.2) is 0 Å². The van der Waals surface area contributed by atoms with Gasteiger partial charge in [-0.2, -0.15) is 0 Å². The highest BCUT2D eigenvalue weighted by Gasteiger charge is 2.48. The topological polar surface area (TPSA) is 26.3 Å². The Labute approximate surface area is 115 Å². The van der Waals surface area contributed by atoms with Gasteiger partial charge in [0.15, 0.2) is 0 Å². The van der Waals surface area contributed by atoms with Crippen molar-refractivity contribution in [2.45, 2.75) is 50.9 Å². The van der Waals surface area contributed by atoms with Crippen molar-refractivity contribution in [3.63, 3.8) is 0 Å². The minimum absolute atomic E-state index is 0.0221. The van der Waals surface area contributed by atoms with Gasteiger partial charge >= 0.3 is 5.97 Å². The molecule has 2 aliphatic rings. The van der Waals surface area contributed by atoms with E-state index in [1.165, 1.54) is 30.4 Å². The summed E-state index contributed by atoms with van der Waals surface area (Å²) in [5, 5.41) is 0. The van der Waals surface area contributed by atoms with E-state index < -0.39 is 0 Å². The summed E-state index contributed by atoms with van der Waals surface area (Å²) in [6, 6.07) is 8.71. The average molecular weight is 258 g/mol. The second-order valence-corrected chi connectivity index (χ2v) is 5.94. The van der Waals surface area contributed by atoms with Crippen LogP contribution < -0.4 is 0 Å². The first-order valence-electron chi connectivity index (χ1n) is 7.50. The number of hydrogen-bond acceptors (Lipinski definition) is 2. The van der Waals surface area contributed by atoms with Gasteiger partial charge in [0.1, 0.15) is 0 Å². The van der Waals surface area contributed by atoms with Gasteiger partial charge < -0.3 is 4.74 Å². The summed E-state index contributed by atoms with van der Waals surface area (Å²) in [6.07, 6.45) is 6.67. The van der Waals surface area contributed by atoms with Crippen molar-refractivity contribution >= 4 is 5.97 Å². The van der Waals surface area contributed by atoms with Crippen LogP contribution in [0.2, 0.25) is 0 Å². The van der Waals surface area contributed by atoms with Crippen LogP contribution in [0, 0.1) is 5.92 Å². The molecule has 0 bridgehead atoms. The molecule has 0 aromatic heterocycles. The van der Waals surface area contributed by atoms with E-state index in [1.54, 1.807) is 0 Å². The Morgan fingerprint density at radius 3 is 3.05 bits per heavy atom. The Morgan fingerprint density at radius 2 is 2.21 bits per heavy atom. The van der Waals surface area contributed by atoms with Crippen molar-refractivity contribution in [3.8, 4) is 0 Å². The van der Waals surface area contributed by atoms with Crippen LogP contribution in [0.1, 0.15) is 50.2 Å². The first-order valence-corrected chi connectivity index (χ1v) is 7.50. The zero-order valence-electron chi connectivity index (χ0n) is 11.7. The van der Waals surface area contributed by atoms with Crippen LogP contribution in [0.4, 0.5) is 0 Å². The maximum atomic E-state index is 12.0. The lowest BCUT2D eigenvalue weighted by Crippen LogP contribution is -2.37. The first-order chi connectivity index (χ1) is 9.26. The van der Waals surface area contributed by atoms with Crippen LogP contribution in [0.5, 0.6) is 0 Å². The minimum Gasteiger partial charge on any atom is -0.466 e. The number of benzene rings is 1. The monoisotopic (exact) mass is 258 g/mol. The summed E-state index contributed by atoms with van der Waals surface area (Å²) in [7, 11) is 0. The Hall–Kier alpha value is -1.31. The lowest BCUT2D eigenvalue weighted by atomic mass is 9.64. The fourth-order valence-corrected chi connectivity index (χ4v) is 4.21. The van der Waals surface area contributed by atoms with E-state index in [0.29, 0.717) is 18.9 Å². The molecule has 0 saturated heterocycles. The minimum atomic E-state index is -0.0221. The summed E-state index contributed by atoms with van der Waals surface area (Å²) in [5.41, 5.74) is 2.95. The molecule has 1 aromatic rings. The second-order valence-electron chi connectivity index (χ2n) is 5.94. The zero-order chi connectivity index (χ0) is 13.3. The number of esters is 1. The van der Waals surface area contributed by atoms with Gasteiger partial charge in [-0.1, -0.05) is 37.1 Å². The summed E-state index contributed by atoms with van der Waals surface area (Å²) in [6.45, 7) is 2.37. The summed E-state index contributed by atoms with van der Waals surface area (Å²) in [5.74, 6) is 0.620. The van der Waals surface area contributed by atoms with Gasteiger partial charge in [0.2, 0.25) is 0 Å². The highest BCUT2D eigenvalue weighted by Crippen LogP contribution is 2.53. The first kappa shape index (κ1) is 12.7. The molecule has 2 heteroatoms. The maximum absolute atomic E-state index is 12.0. The average Bonchev–Trinajstić information content (AvgIpc) is 2.73. The Bertz CT molecular complexity index is 480. The fourth-order valence-electron chi connectivity index (χ4n) is 4.21. The summed E-state index contributed by atoms with van der Waals surface area (Å²) in [4.78, 5) is 12.0. The molecule has 0 radical (unpaired) electrons. The highest BCUT2D eigenvalue weighted by molar-refractivity contribution is 5.72. The number of rotatable bonds is 3. The number of carbonyl (C=O) groups excluding carboxylic acids is 1. The van der Waals surface area contributed by atoms with Gasteiger partial charge in [-0.3, -0.25) is 4.79 Å². The molecule has 102 valence electrons. The zero-order valence-corrected chi connectivity index (χ0v) is 11.7. The lowest BCUT2D eigenvalue weighted by Gasteiger charge is -2.39. The maximum Gasteiger partial charge on any atom is 0.306 e. The van der Waals surface area contributed by atoms with E-state index in [1.807, 2.05) is 6.92 Å². The predicted molar refractivity (Wildman–Crippen MR) is 75.0 cm³/mol. The van der Waals surface area contributed by atoms with Gasteiger partial charge in [-0.15, -0.1) is 0 Å². The standard InChI is InChI=1S/C17H22O2/c1-2-19-16(18)12-17-10-6-5-8-14(17)11-13-7-3-4-9-15(13)17/h3-4,7,9,14H,2,5-6,8,10-12H2,1H3/t14-,17+/m1/s1. The number of fused-ring (bicyclic) bond motifs is 3. The molecule has 3 rings (SSSR count). The molecule has 1 saturated carbocycles. The highest BCUT2D eigenvalue weighted by atomic mass is 16.5. The molecule has 2 nitrogen and oxygen atoms in total. The summed E-state index contributed by atoms with van der Waals surface area (Å²) < 4.78 is 5.22. The van der Waals surface area contributed by atoms with Crippen molar-refractivity contribution in [1.82, 2.24) is 0 Å². The van der Waals surface area contributed by atoms with Crippen LogP contribution in [0.3, 0.4) is 0 Å². The number of hydrogen-bond donors (Lipinski definition) is 0. The largest absolute Gasteiger partial charge is 0.466 e. The van der Waals surface area contributed by atoms with Crippen LogP contribution in [0.15, 0.2) is 24.3 Å². The molecule has 0 N–H and O–H groups in total. The Balaban J connectivity index is 1.95. The summed E-state index contributed by atoms with van der Waals surface area (Å²) >= 11 is 0. The van der Waals surface area contributed by atoms with Crippen molar-refractivity contribution in [3.05, 3.63) is 35.4 Å². The van der Waals surface area contributed by atoms with Gasteiger partial charge in [-0.05, 0) is 43.2 Å². The molecule has 2 atom stereocenters. The van der Waals surface area contributed by atoms with E-state index in [4.69, 9.17) is 4.74 Å². The second kappa shape index (κ2) is 4.99. The lowest BCUT2D eigenvalue weighted by molar-refractivity contribution is -0.145. The fraction of sp³-hybridized carbons (Fsp3) is 0.588. The van der Waals surface area contributed by atoms with Crippen molar-refractivity contribution < 1.29 is 9.53 Å². The number of ether oxygens (including phenoxy) is 1. The molecule has 19 heavy (non-hydrogen) atoms. The Morgan fingerprint density at radius 1 is 1.37 bits per heavy atom. The van der Waals surface area contributed by atoms with Crippen LogP contribution >= 0.6 is 0 Å². The molecule has 0 heterocycles. The van der Waals surface area contributed by atoms with Gasteiger partial charge in [0.25, 0.3) is 0 Å². The molecule has 0 aliphatic heterocycles. The molecular formula is C17H22O2. The SMILES string of the molecule is CCOC(=O)C[C@@]12CCCC[C@@H]1Cc1ccccc12.